The molecule has 0 bridgehead atoms. The molecule has 3 nitrogen and oxygen atoms in total. The third kappa shape index (κ3) is 3.69. The highest BCUT2D eigenvalue weighted by Gasteiger charge is 2.30. The number of rotatable bonds is 8. The molecular formula is C15H27N3S. The Bertz CT molecular complexity index is 398. The molecule has 1 atom stereocenters. The number of hydrogen-bond acceptors (Lipinski definition) is 4. The van der Waals surface area contributed by atoms with Crippen molar-refractivity contribution >= 4 is 16.5 Å². The van der Waals surface area contributed by atoms with Crippen LogP contribution in [0.25, 0.3) is 0 Å². The Balaban J connectivity index is 2.10. The van der Waals surface area contributed by atoms with E-state index in [1.807, 2.05) is 11.3 Å². The topological polar surface area (TPSA) is 28.2 Å². The summed E-state index contributed by atoms with van der Waals surface area (Å²) in [5, 5.41) is 4.72. The molecule has 1 aromatic heterocycles. The van der Waals surface area contributed by atoms with Gasteiger partial charge in [-0.1, -0.05) is 13.8 Å². The summed E-state index contributed by atoms with van der Waals surface area (Å²) in [5.41, 5.74) is 1.37. The van der Waals surface area contributed by atoms with Gasteiger partial charge in [-0.25, -0.2) is 4.98 Å². The molecule has 2 rings (SSSR count). The molecule has 1 aromatic rings. The van der Waals surface area contributed by atoms with Crippen molar-refractivity contribution in [2.45, 2.75) is 65.0 Å². The molecule has 1 saturated carbocycles. The lowest BCUT2D eigenvalue weighted by Crippen LogP contribution is -2.27. The number of anilines is 1. The summed E-state index contributed by atoms with van der Waals surface area (Å²) in [6.45, 7) is 8.81. The van der Waals surface area contributed by atoms with Crippen LogP contribution in [0, 0.1) is 0 Å². The predicted octanol–water partition coefficient (Wildman–Crippen LogP) is 3.75. The van der Waals surface area contributed by atoms with E-state index in [1.165, 1.54) is 35.0 Å². The van der Waals surface area contributed by atoms with Gasteiger partial charge in [-0.05, 0) is 39.2 Å². The van der Waals surface area contributed by atoms with Crippen LogP contribution < -0.4 is 10.2 Å². The molecule has 0 aromatic carbocycles. The van der Waals surface area contributed by atoms with Crippen LogP contribution in [0.2, 0.25) is 0 Å². The summed E-state index contributed by atoms with van der Waals surface area (Å²) >= 11 is 1.88. The van der Waals surface area contributed by atoms with Crippen molar-refractivity contribution in [1.29, 1.82) is 0 Å². The molecule has 0 amide bonds. The smallest absolute Gasteiger partial charge is 0.185 e. The van der Waals surface area contributed by atoms with Crippen molar-refractivity contribution < 1.29 is 0 Å². The van der Waals surface area contributed by atoms with Crippen LogP contribution in [0.5, 0.6) is 0 Å². The van der Waals surface area contributed by atoms with Crippen LogP contribution >= 0.6 is 11.3 Å². The highest BCUT2D eigenvalue weighted by Crippen LogP contribution is 2.44. The van der Waals surface area contributed by atoms with E-state index in [0.717, 1.165) is 25.4 Å². The molecule has 1 aliphatic rings. The molecule has 0 aliphatic heterocycles. The third-order valence-electron chi connectivity index (χ3n) is 3.95. The molecule has 0 spiro atoms. The average Bonchev–Trinajstić information content (AvgIpc) is 3.18. The normalized spacial score (nSPS) is 16.6. The second-order valence-electron chi connectivity index (χ2n) is 5.62. The van der Waals surface area contributed by atoms with Crippen molar-refractivity contribution in [2.75, 3.05) is 18.5 Å². The molecule has 0 radical (unpaired) electrons. The van der Waals surface area contributed by atoms with Crippen LogP contribution in [0.3, 0.4) is 0 Å². The Labute approximate surface area is 121 Å². The van der Waals surface area contributed by atoms with Crippen molar-refractivity contribution in [2.24, 2.45) is 0 Å². The minimum absolute atomic E-state index is 0.564. The summed E-state index contributed by atoms with van der Waals surface area (Å²) in [7, 11) is 2.17. The molecule has 1 unspecified atom stereocenters. The molecule has 19 heavy (non-hydrogen) atoms. The van der Waals surface area contributed by atoms with Crippen LogP contribution in [0.4, 0.5) is 5.13 Å². The zero-order valence-electron chi connectivity index (χ0n) is 12.7. The van der Waals surface area contributed by atoms with Gasteiger partial charge in [0.15, 0.2) is 5.13 Å². The Kier molecular flexibility index (Phi) is 5.22. The standard InChI is InChI=1S/C15H27N3S/c1-5-9-16-10-13-14(12-7-8-12)17-15(19-13)18(4)11(3)6-2/h11-12,16H,5-10H2,1-4H3. The third-order valence-corrected chi connectivity index (χ3v) is 5.11. The summed E-state index contributed by atoms with van der Waals surface area (Å²) in [6, 6.07) is 0.564. The van der Waals surface area contributed by atoms with E-state index in [1.54, 1.807) is 0 Å². The SMILES string of the molecule is CCCNCc1sc(N(C)C(C)CC)nc1C1CC1. The highest BCUT2D eigenvalue weighted by molar-refractivity contribution is 7.15. The number of thiazole rings is 1. The largest absolute Gasteiger partial charge is 0.348 e. The Hall–Kier alpha value is -0.610. The maximum absolute atomic E-state index is 4.92. The van der Waals surface area contributed by atoms with E-state index in [-0.39, 0.29) is 0 Å². The minimum atomic E-state index is 0.564. The molecule has 0 saturated heterocycles. The van der Waals surface area contributed by atoms with Crippen LogP contribution in [0.15, 0.2) is 0 Å². The maximum atomic E-state index is 4.92. The van der Waals surface area contributed by atoms with E-state index in [0.29, 0.717) is 6.04 Å². The zero-order valence-corrected chi connectivity index (χ0v) is 13.5. The van der Waals surface area contributed by atoms with Gasteiger partial charge in [0, 0.05) is 30.4 Å². The monoisotopic (exact) mass is 281 g/mol. The molecule has 1 aliphatic carbocycles. The van der Waals surface area contributed by atoms with Gasteiger partial charge < -0.3 is 10.2 Å². The van der Waals surface area contributed by atoms with E-state index >= 15 is 0 Å². The fourth-order valence-electron chi connectivity index (χ4n) is 2.15. The van der Waals surface area contributed by atoms with Gasteiger partial charge in [0.25, 0.3) is 0 Å². The lowest BCUT2D eigenvalue weighted by molar-refractivity contribution is 0.660. The first-order valence-corrected chi connectivity index (χ1v) is 8.42. The lowest BCUT2D eigenvalue weighted by Gasteiger charge is -2.22. The molecule has 108 valence electrons. The van der Waals surface area contributed by atoms with Crippen LogP contribution in [-0.4, -0.2) is 24.6 Å². The summed E-state index contributed by atoms with van der Waals surface area (Å²) in [6.07, 6.45) is 5.02. The summed E-state index contributed by atoms with van der Waals surface area (Å²) in [5.74, 6) is 0.744. The van der Waals surface area contributed by atoms with Crippen molar-refractivity contribution in [3.8, 4) is 0 Å². The molecule has 1 N–H and O–H groups in total. The first kappa shape index (κ1) is 14.8. The van der Waals surface area contributed by atoms with Crippen molar-refractivity contribution in [3.63, 3.8) is 0 Å². The molecule has 1 heterocycles. The van der Waals surface area contributed by atoms with Gasteiger partial charge in [0.1, 0.15) is 0 Å². The number of nitrogens with one attached hydrogen (secondary N) is 1. The van der Waals surface area contributed by atoms with Gasteiger partial charge in [0.2, 0.25) is 0 Å². The van der Waals surface area contributed by atoms with Gasteiger partial charge >= 0.3 is 0 Å². The highest BCUT2D eigenvalue weighted by atomic mass is 32.1. The van der Waals surface area contributed by atoms with E-state index in [4.69, 9.17) is 4.98 Å². The van der Waals surface area contributed by atoms with Gasteiger partial charge in [-0.2, -0.15) is 0 Å². The van der Waals surface area contributed by atoms with E-state index in [9.17, 15) is 0 Å². The van der Waals surface area contributed by atoms with Crippen LogP contribution in [0.1, 0.15) is 62.9 Å². The fraction of sp³-hybridized carbons (Fsp3) is 0.800. The minimum Gasteiger partial charge on any atom is -0.348 e. The molecular weight excluding hydrogens is 254 g/mol. The van der Waals surface area contributed by atoms with Crippen molar-refractivity contribution in [3.05, 3.63) is 10.6 Å². The maximum Gasteiger partial charge on any atom is 0.185 e. The van der Waals surface area contributed by atoms with E-state index in [2.05, 4.69) is 38.0 Å². The molecule has 1 fully saturated rings. The lowest BCUT2D eigenvalue weighted by atomic mass is 10.2. The average molecular weight is 281 g/mol. The Morgan fingerprint density at radius 2 is 2.16 bits per heavy atom. The van der Waals surface area contributed by atoms with Gasteiger partial charge in [-0.3, -0.25) is 0 Å². The number of aromatic nitrogens is 1. The van der Waals surface area contributed by atoms with Crippen molar-refractivity contribution in [1.82, 2.24) is 10.3 Å². The van der Waals surface area contributed by atoms with E-state index < -0.39 is 0 Å². The van der Waals surface area contributed by atoms with Gasteiger partial charge in [0.05, 0.1) is 5.69 Å². The van der Waals surface area contributed by atoms with Crippen LogP contribution in [-0.2, 0) is 6.54 Å². The second kappa shape index (κ2) is 6.71. The fourth-order valence-corrected chi connectivity index (χ4v) is 3.32. The Morgan fingerprint density at radius 1 is 1.42 bits per heavy atom. The Morgan fingerprint density at radius 3 is 2.74 bits per heavy atom. The van der Waals surface area contributed by atoms with Gasteiger partial charge in [-0.15, -0.1) is 11.3 Å². The number of nitrogens with zero attached hydrogens (tertiary/aromatic N) is 2. The molecule has 4 heteroatoms. The zero-order chi connectivity index (χ0) is 13.8. The summed E-state index contributed by atoms with van der Waals surface area (Å²) in [4.78, 5) is 8.72. The number of hydrogen-bond donors (Lipinski definition) is 1. The predicted molar refractivity (Wildman–Crippen MR) is 84.2 cm³/mol. The first-order chi connectivity index (χ1) is 9.17. The summed E-state index contributed by atoms with van der Waals surface area (Å²) < 4.78 is 0. The first-order valence-electron chi connectivity index (χ1n) is 7.60. The second-order valence-corrected chi connectivity index (χ2v) is 6.69. The quantitative estimate of drug-likeness (QED) is 0.736.